The Morgan fingerprint density at radius 2 is 1.45 bits per heavy atom. The fraction of sp³-hybridized carbons (Fsp3) is 0.471. The van der Waals surface area contributed by atoms with Crippen molar-refractivity contribution in [3.05, 3.63) is 46.6 Å². The summed E-state index contributed by atoms with van der Waals surface area (Å²) in [6.45, 7) is 1.62. The summed E-state index contributed by atoms with van der Waals surface area (Å²) in [5.41, 5.74) is -0.160. The monoisotopic (exact) mass is 500 g/mol. The van der Waals surface area contributed by atoms with E-state index < -0.39 is 60.8 Å². The average molecular weight is 501 g/mol. The minimum atomic E-state index is -7.15. The number of sulfone groups is 1. The molecule has 0 amide bonds. The molecule has 0 unspecified atom stereocenters. The lowest BCUT2D eigenvalue weighted by Gasteiger charge is -2.34. The number of alkyl halides is 9. The quantitative estimate of drug-likeness (QED) is 0.386. The first kappa shape index (κ1) is 25.4. The first-order valence-corrected chi connectivity index (χ1v) is 10.1. The molecule has 1 aliphatic rings. The molecule has 0 aliphatic carbocycles. The van der Waals surface area contributed by atoms with Gasteiger partial charge in [0.15, 0.2) is 11.9 Å². The highest BCUT2D eigenvalue weighted by atomic mass is 35.5. The molecule has 0 fully saturated rings. The highest BCUT2D eigenvalue weighted by molar-refractivity contribution is 7.96. The third kappa shape index (κ3) is 3.69. The van der Waals surface area contributed by atoms with Crippen LogP contribution in [0.25, 0.3) is 0 Å². The van der Waals surface area contributed by atoms with E-state index in [0.717, 1.165) is 26.0 Å². The molecule has 0 saturated heterocycles. The number of carbonyl (C=O) groups is 1. The molecule has 0 saturated carbocycles. The minimum Gasteiger partial charge on any atom is -0.485 e. The molecule has 2 atom stereocenters. The lowest BCUT2D eigenvalue weighted by molar-refractivity contribution is -0.326. The first-order valence-electron chi connectivity index (χ1n) is 8.20. The first-order chi connectivity index (χ1) is 13.8. The van der Waals surface area contributed by atoms with Gasteiger partial charge in [0.05, 0.1) is 10.8 Å². The summed E-state index contributed by atoms with van der Waals surface area (Å²) in [5, 5.41) is -13.0. The fourth-order valence-corrected chi connectivity index (χ4v) is 4.88. The third-order valence-electron chi connectivity index (χ3n) is 4.54. The Morgan fingerprint density at radius 1 is 0.968 bits per heavy atom. The molecular weight excluding hydrogens is 488 g/mol. The maximum Gasteiger partial charge on any atom is 0.417 e. The molecule has 0 aromatic heterocycles. The summed E-state index contributed by atoms with van der Waals surface area (Å²) in [5.74, 6) is -17.9. The van der Waals surface area contributed by atoms with Gasteiger partial charge in [-0.3, -0.25) is 4.79 Å². The summed E-state index contributed by atoms with van der Waals surface area (Å²) in [6, 6.07) is 6.29. The second kappa shape index (κ2) is 7.61. The number of ketones is 1. The molecule has 0 radical (unpaired) electrons. The van der Waals surface area contributed by atoms with Crippen molar-refractivity contribution in [2.45, 2.75) is 48.4 Å². The summed E-state index contributed by atoms with van der Waals surface area (Å²) in [4.78, 5) is 10.3. The van der Waals surface area contributed by atoms with Crippen molar-refractivity contribution in [1.82, 2.24) is 0 Å². The SMILES string of the molecule is CC(=O)[C@@H]1OC(C)=C(S(=O)(=O)C(F)(F)C(F)(F)C(F)(F)C(F)(F)Cl)[C@H]1c1ccccc1. The normalized spacial score (nSPS) is 21.3. The molecule has 4 nitrogen and oxygen atoms in total. The van der Waals surface area contributed by atoms with E-state index in [0.29, 0.717) is 0 Å². The van der Waals surface area contributed by atoms with Gasteiger partial charge < -0.3 is 4.74 Å². The standard InChI is InChI=1S/C17H13ClF8O4S/c1-8(27)12-11(10-6-4-3-5-7-10)13(9(2)30-12)31(28,29)17(25,26)15(21,22)14(19,20)16(18,23)24/h3-7,11-12H,1-2H3/t11-,12-/m0/s1. The zero-order valence-electron chi connectivity index (χ0n) is 15.5. The second-order valence-electron chi connectivity index (χ2n) is 6.62. The van der Waals surface area contributed by atoms with E-state index in [1.54, 1.807) is 0 Å². The van der Waals surface area contributed by atoms with Crippen LogP contribution in [0.15, 0.2) is 41.0 Å². The molecular formula is C17H13ClF8O4S. The lowest BCUT2D eigenvalue weighted by atomic mass is 9.92. The van der Waals surface area contributed by atoms with Gasteiger partial charge in [-0.2, -0.15) is 35.1 Å². The van der Waals surface area contributed by atoms with Crippen LogP contribution in [-0.4, -0.2) is 42.8 Å². The Bertz CT molecular complexity index is 1000. The van der Waals surface area contributed by atoms with Crippen LogP contribution in [0.3, 0.4) is 0 Å². The van der Waals surface area contributed by atoms with E-state index in [2.05, 4.69) is 11.6 Å². The number of Topliss-reactive ketones (excluding diaryl/α,β-unsaturated/α-hetero) is 1. The molecule has 1 aliphatic heterocycles. The molecule has 0 N–H and O–H groups in total. The largest absolute Gasteiger partial charge is 0.485 e. The number of hydrogen-bond donors (Lipinski definition) is 0. The van der Waals surface area contributed by atoms with Crippen LogP contribution in [-0.2, 0) is 19.4 Å². The van der Waals surface area contributed by atoms with E-state index in [9.17, 15) is 48.3 Å². The van der Waals surface area contributed by atoms with Crippen molar-refractivity contribution in [3.63, 3.8) is 0 Å². The number of rotatable bonds is 7. The smallest absolute Gasteiger partial charge is 0.417 e. The van der Waals surface area contributed by atoms with Crippen LogP contribution < -0.4 is 0 Å². The zero-order valence-corrected chi connectivity index (χ0v) is 17.1. The van der Waals surface area contributed by atoms with Crippen LogP contribution >= 0.6 is 11.6 Å². The van der Waals surface area contributed by atoms with Gasteiger partial charge in [-0.25, -0.2) is 8.42 Å². The molecule has 14 heteroatoms. The fourth-order valence-electron chi connectivity index (χ4n) is 3.00. The Labute approximate surface area is 175 Å². The number of allylic oxidation sites excluding steroid dienone is 1. The van der Waals surface area contributed by atoms with Gasteiger partial charge in [0.1, 0.15) is 5.76 Å². The molecule has 1 aromatic rings. The van der Waals surface area contributed by atoms with E-state index in [4.69, 9.17) is 4.74 Å². The number of hydrogen-bond acceptors (Lipinski definition) is 4. The number of carbonyl (C=O) groups excluding carboxylic acids is 1. The van der Waals surface area contributed by atoms with Crippen LogP contribution in [0, 0.1) is 0 Å². The average Bonchev–Trinajstić information content (AvgIpc) is 2.99. The van der Waals surface area contributed by atoms with Crippen LogP contribution in [0.2, 0.25) is 0 Å². The van der Waals surface area contributed by atoms with Crippen molar-refractivity contribution >= 4 is 27.2 Å². The Kier molecular flexibility index (Phi) is 6.23. The van der Waals surface area contributed by atoms with Crippen molar-refractivity contribution in [2.24, 2.45) is 0 Å². The Hall–Kier alpha value is -1.89. The van der Waals surface area contributed by atoms with Gasteiger partial charge >= 0.3 is 22.5 Å². The van der Waals surface area contributed by atoms with Gasteiger partial charge in [0.25, 0.3) is 0 Å². The van der Waals surface area contributed by atoms with E-state index >= 15 is 0 Å². The molecule has 31 heavy (non-hydrogen) atoms. The van der Waals surface area contributed by atoms with Crippen molar-refractivity contribution in [1.29, 1.82) is 0 Å². The number of benzene rings is 1. The maximum absolute atomic E-state index is 14.5. The summed E-state index contributed by atoms with van der Waals surface area (Å²) >= 11 is 3.87. The van der Waals surface area contributed by atoms with Gasteiger partial charge in [-0.05, 0) is 31.0 Å². The van der Waals surface area contributed by atoms with Gasteiger partial charge in [-0.1, -0.05) is 30.3 Å². The predicted molar refractivity (Wildman–Crippen MR) is 92.0 cm³/mol. The van der Waals surface area contributed by atoms with Crippen LogP contribution in [0.1, 0.15) is 25.3 Å². The van der Waals surface area contributed by atoms with Crippen molar-refractivity contribution in [2.75, 3.05) is 0 Å². The highest BCUT2D eigenvalue weighted by Gasteiger charge is 2.84. The molecule has 0 spiro atoms. The summed E-state index contributed by atoms with van der Waals surface area (Å²) < 4.78 is 139. The molecule has 0 bridgehead atoms. The van der Waals surface area contributed by atoms with Gasteiger partial charge in [-0.15, -0.1) is 0 Å². The number of ether oxygens (including phenoxy) is 1. The maximum atomic E-state index is 14.5. The Morgan fingerprint density at radius 3 is 1.87 bits per heavy atom. The van der Waals surface area contributed by atoms with Crippen molar-refractivity contribution < 1.29 is 53.1 Å². The van der Waals surface area contributed by atoms with Crippen LogP contribution in [0.4, 0.5) is 35.1 Å². The van der Waals surface area contributed by atoms with E-state index in [1.165, 1.54) is 18.2 Å². The lowest BCUT2D eigenvalue weighted by Crippen LogP contribution is -2.63. The predicted octanol–water partition coefficient (Wildman–Crippen LogP) is 5.10. The van der Waals surface area contributed by atoms with E-state index in [-0.39, 0.29) is 5.56 Å². The summed E-state index contributed by atoms with van der Waals surface area (Å²) in [6.07, 6.45) is -1.77. The number of halogens is 9. The van der Waals surface area contributed by atoms with Gasteiger partial charge in [0, 0.05) is 0 Å². The highest BCUT2D eigenvalue weighted by Crippen LogP contribution is 2.58. The van der Waals surface area contributed by atoms with Gasteiger partial charge in [0.2, 0.25) is 9.84 Å². The third-order valence-corrected chi connectivity index (χ3v) is 6.83. The second-order valence-corrected chi connectivity index (χ2v) is 9.06. The Balaban J connectivity index is 2.74. The van der Waals surface area contributed by atoms with Crippen LogP contribution in [0.5, 0.6) is 0 Å². The zero-order chi connectivity index (χ0) is 24.2. The van der Waals surface area contributed by atoms with Crippen molar-refractivity contribution in [3.8, 4) is 0 Å². The topological polar surface area (TPSA) is 60.4 Å². The molecule has 1 heterocycles. The summed E-state index contributed by atoms with van der Waals surface area (Å²) in [7, 11) is -6.81. The molecule has 2 rings (SSSR count). The minimum absolute atomic E-state index is 0.160. The molecule has 174 valence electrons. The molecule has 1 aromatic carbocycles. The van der Waals surface area contributed by atoms with E-state index in [1.807, 2.05) is 0 Å².